The van der Waals surface area contributed by atoms with E-state index in [9.17, 15) is 0 Å². The molecule has 3 rings (SSSR count). The Labute approximate surface area is 126 Å². The zero-order chi connectivity index (χ0) is 13.2. The van der Waals surface area contributed by atoms with Gasteiger partial charge in [0.2, 0.25) is 0 Å². The standard InChI is InChI=1S/C15H17BrN2S/c16-14-7-11(8-17)1-2-12(14)9-18-5-3-15-13(10-18)4-6-19-15/h1-2,4,6-7H,3,5,8-10,17H2. The van der Waals surface area contributed by atoms with Crippen LogP contribution in [0.15, 0.2) is 34.1 Å². The Morgan fingerprint density at radius 1 is 1.32 bits per heavy atom. The summed E-state index contributed by atoms with van der Waals surface area (Å²) >= 11 is 5.55. The van der Waals surface area contributed by atoms with Crippen molar-refractivity contribution in [2.24, 2.45) is 5.73 Å². The fourth-order valence-electron chi connectivity index (χ4n) is 2.53. The lowest BCUT2D eigenvalue weighted by atomic mass is 10.1. The fraction of sp³-hybridized carbons (Fsp3) is 0.333. The molecule has 0 radical (unpaired) electrons. The zero-order valence-electron chi connectivity index (χ0n) is 10.7. The number of hydrogen-bond acceptors (Lipinski definition) is 3. The van der Waals surface area contributed by atoms with E-state index in [2.05, 4.69) is 50.5 Å². The van der Waals surface area contributed by atoms with E-state index in [0.29, 0.717) is 6.54 Å². The Bertz CT molecular complexity index is 579. The van der Waals surface area contributed by atoms with Crippen LogP contribution in [0.3, 0.4) is 0 Å². The second-order valence-corrected chi connectivity index (χ2v) is 6.81. The molecule has 2 heterocycles. The van der Waals surface area contributed by atoms with Gasteiger partial charge in [0.1, 0.15) is 0 Å². The topological polar surface area (TPSA) is 29.3 Å². The molecule has 0 bridgehead atoms. The average Bonchev–Trinajstić information content (AvgIpc) is 2.88. The number of fused-ring (bicyclic) bond motifs is 1. The number of benzene rings is 1. The van der Waals surface area contributed by atoms with E-state index in [1.807, 2.05) is 11.3 Å². The molecule has 0 saturated heterocycles. The first-order chi connectivity index (χ1) is 9.26. The van der Waals surface area contributed by atoms with Crippen LogP contribution in [-0.2, 0) is 26.1 Å². The third-order valence-electron chi connectivity index (χ3n) is 3.63. The third kappa shape index (κ3) is 2.92. The maximum absolute atomic E-state index is 5.66. The molecule has 1 aliphatic heterocycles. The summed E-state index contributed by atoms with van der Waals surface area (Å²) < 4.78 is 1.17. The molecule has 100 valence electrons. The van der Waals surface area contributed by atoms with Gasteiger partial charge in [0, 0.05) is 35.5 Å². The second-order valence-electron chi connectivity index (χ2n) is 4.96. The molecule has 0 amide bonds. The molecule has 0 spiro atoms. The van der Waals surface area contributed by atoms with Crippen LogP contribution in [0.2, 0.25) is 0 Å². The van der Waals surface area contributed by atoms with Crippen molar-refractivity contribution < 1.29 is 0 Å². The van der Waals surface area contributed by atoms with Crippen molar-refractivity contribution >= 4 is 27.3 Å². The van der Waals surface area contributed by atoms with Crippen LogP contribution in [0.25, 0.3) is 0 Å². The van der Waals surface area contributed by atoms with Gasteiger partial charge in [0.15, 0.2) is 0 Å². The smallest absolute Gasteiger partial charge is 0.0248 e. The monoisotopic (exact) mass is 336 g/mol. The third-order valence-corrected chi connectivity index (χ3v) is 5.40. The van der Waals surface area contributed by atoms with Gasteiger partial charge in [-0.1, -0.05) is 28.1 Å². The van der Waals surface area contributed by atoms with Crippen LogP contribution < -0.4 is 5.73 Å². The van der Waals surface area contributed by atoms with Crippen molar-refractivity contribution in [3.05, 3.63) is 55.7 Å². The molecule has 19 heavy (non-hydrogen) atoms. The SMILES string of the molecule is NCc1ccc(CN2CCc3sccc3C2)c(Br)c1. The van der Waals surface area contributed by atoms with Crippen LogP contribution >= 0.6 is 27.3 Å². The van der Waals surface area contributed by atoms with E-state index in [4.69, 9.17) is 5.73 Å². The van der Waals surface area contributed by atoms with Crippen LogP contribution in [0.4, 0.5) is 0 Å². The van der Waals surface area contributed by atoms with Crippen LogP contribution in [-0.4, -0.2) is 11.4 Å². The van der Waals surface area contributed by atoms with E-state index in [1.54, 1.807) is 4.88 Å². The van der Waals surface area contributed by atoms with Crippen molar-refractivity contribution in [1.29, 1.82) is 0 Å². The van der Waals surface area contributed by atoms with Gasteiger partial charge in [-0.3, -0.25) is 4.90 Å². The van der Waals surface area contributed by atoms with Crippen LogP contribution in [0, 0.1) is 0 Å². The summed E-state index contributed by atoms with van der Waals surface area (Å²) in [6.45, 7) is 3.82. The largest absolute Gasteiger partial charge is 0.326 e. The molecular formula is C15H17BrN2S. The van der Waals surface area contributed by atoms with E-state index in [-0.39, 0.29) is 0 Å². The molecule has 1 aromatic carbocycles. The van der Waals surface area contributed by atoms with Crippen LogP contribution in [0.5, 0.6) is 0 Å². The molecule has 0 aliphatic carbocycles. The number of halogens is 1. The minimum Gasteiger partial charge on any atom is -0.326 e. The number of nitrogens with zero attached hydrogens (tertiary/aromatic N) is 1. The normalized spacial score (nSPS) is 15.5. The maximum Gasteiger partial charge on any atom is 0.0248 e. The van der Waals surface area contributed by atoms with E-state index < -0.39 is 0 Å². The summed E-state index contributed by atoms with van der Waals surface area (Å²) in [4.78, 5) is 4.07. The summed E-state index contributed by atoms with van der Waals surface area (Å²) in [5.74, 6) is 0. The van der Waals surface area contributed by atoms with Gasteiger partial charge in [0.25, 0.3) is 0 Å². The highest BCUT2D eigenvalue weighted by Gasteiger charge is 2.17. The Kier molecular flexibility index (Phi) is 4.03. The minimum atomic E-state index is 0.598. The summed E-state index contributed by atoms with van der Waals surface area (Å²) in [6, 6.07) is 8.71. The highest BCUT2D eigenvalue weighted by molar-refractivity contribution is 9.10. The molecule has 2 nitrogen and oxygen atoms in total. The lowest BCUT2D eigenvalue weighted by Crippen LogP contribution is -2.29. The zero-order valence-corrected chi connectivity index (χ0v) is 13.1. The first-order valence-electron chi connectivity index (χ1n) is 6.51. The number of thiophene rings is 1. The van der Waals surface area contributed by atoms with Gasteiger partial charge in [0.05, 0.1) is 0 Å². The average molecular weight is 337 g/mol. The Morgan fingerprint density at radius 3 is 3.00 bits per heavy atom. The number of hydrogen-bond donors (Lipinski definition) is 1. The summed E-state index contributed by atoms with van der Waals surface area (Å²) in [6.07, 6.45) is 1.19. The van der Waals surface area contributed by atoms with E-state index in [0.717, 1.165) is 19.6 Å². The first-order valence-corrected chi connectivity index (χ1v) is 8.18. The first kappa shape index (κ1) is 13.3. The molecule has 4 heteroatoms. The van der Waals surface area contributed by atoms with Crippen molar-refractivity contribution in [3.63, 3.8) is 0 Å². The Hall–Kier alpha value is -0.680. The van der Waals surface area contributed by atoms with Gasteiger partial charge in [-0.05, 0) is 40.6 Å². The molecule has 0 atom stereocenters. The van der Waals surface area contributed by atoms with Crippen LogP contribution in [0.1, 0.15) is 21.6 Å². The highest BCUT2D eigenvalue weighted by Crippen LogP contribution is 2.27. The van der Waals surface area contributed by atoms with Gasteiger partial charge in [-0.2, -0.15) is 0 Å². The van der Waals surface area contributed by atoms with Gasteiger partial charge in [-0.25, -0.2) is 0 Å². The number of nitrogens with two attached hydrogens (primary N) is 1. The molecule has 2 aromatic rings. The highest BCUT2D eigenvalue weighted by atomic mass is 79.9. The van der Waals surface area contributed by atoms with Gasteiger partial charge in [-0.15, -0.1) is 11.3 Å². The summed E-state index contributed by atoms with van der Waals surface area (Å²) in [7, 11) is 0. The molecule has 0 saturated carbocycles. The lowest BCUT2D eigenvalue weighted by Gasteiger charge is -2.27. The predicted octanol–water partition coefficient (Wildman–Crippen LogP) is 3.53. The Morgan fingerprint density at radius 2 is 2.21 bits per heavy atom. The van der Waals surface area contributed by atoms with E-state index in [1.165, 1.54) is 27.6 Å². The van der Waals surface area contributed by atoms with Gasteiger partial charge >= 0.3 is 0 Å². The molecular weight excluding hydrogens is 320 g/mol. The maximum atomic E-state index is 5.66. The quantitative estimate of drug-likeness (QED) is 0.928. The summed E-state index contributed by atoms with van der Waals surface area (Å²) in [5.41, 5.74) is 9.69. The molecule has 2 N–H and O–H groups in total. The lowest BCUT2D eigenvalue weighted by molar-refractivity contribution is 0.247. The molecule has 0 unspecified atom stereocenters. The summed E-state index contributed by atoms with van der Waals surface area (Å²) in [5, 5.41) is 2.21. The fourth-order valence-corrected chi connectivity index (χ4v) is 3.97. The van der Waals surface area contributed by atoms with Gasteiger partial charge < -0.3 is 5.73 Å². The molecule has 0 fully saturated rings. The molecule has 1 aromatic heterocycles. The van der Waals surface area contributed by atoms with Crippen molar-refractivity contribution in [2.45, 2.75) is 26.1 Å². The van der Waals surface area contributed by atoms with Crippen molar-refractivity contribution in [2.75, 3.05) is 6.54 Å². The molecule has 1 aliphatic rings. The van der Waals surface area contributed by atoms with E-state index >= 15 is 0 Å². The minimum absolute atomic E-state index is 0.598. The van der Waals surface area contributed by atoms with Crippen molar-refractivity contribution in [3.8, 4) is 0 Å². The number of rotatable bonds is 3. The predicted molar refractivity (Wildman–Crippen MR) is 84.2 cm³/mol. The van der Waals surface area contributed by atoms with Crippen molar-refractivity contribution in [1.82, 2.24) is 4.90 Å². The second kappa shape index (κ2) is 5.75. The Balaban J connectivity index is 1.73.